The summed E-state index contributed by atoms with van der Waals surface area (Å²) in [5.74, 6) is 0.829. The summed E-state index contributed by atoms with van der Waals surface area (Å²) < 4.78 is 5.25. The lowest BCUT2D eigenvalue weighted by Crippen LogP contribution is -2.53. The molecule has 3 rings (SSSR count). The number of aryl methyl sites for hydroxylation is 1. The Morgan fingerprint density at radius 1 is 1.17 bits per heavy atom. The largest absolute Gasteiger partial charge is 0.467 e. The Balaban J connectivity index is 1.48. The van der Waals surface area contributed by atoms with Gasteiger partial charge in [-0.25, -0.2) is 0 Å². The SMILES string of the molecule is Cc1ccc(N2CCN(C(C)C(=O)NCc3ccco3)CC2)cc1. The van der Waals surface area contributed by atoms with Gasteiger partial charge in [-0.3, -0.25) is 9.69 Å². The van der Waals surface area contributed by atoms with Crippen molar-refractivity contribution in [2.24, 2.45) is 0 Å². The van der Waals surface area contributed by atoms with Gasteiger partial charge in [0.05, 0.1) is 18.8 Å². The third-order valence-corrected chi connectivity index (χ3v) is 4.66. The molecule has 1 N–H and O–H groups in total. The number of hydrogen-bond acceptors (Lipinski definition) is 4. The lowest BCUT2D eigenvalue weighted by molar-refractivity contribution is -0.126. The molecule has 0 radical (unpaired) electrons. The van der Waals surface area contributed by atoms with Crippen LogP contribution in [-0.4, -0.2) is 43.0 Å². The van der Waals surface area contributed by atoms with Crippen LogP contribution in [-0.2, 0) is 11.3 Å². The molecule has 1 aliphatic heterocycles. The zero-order valence-corrected chi connectivity index (χ0v) is 14.4. The molecule has 1 saturated heterocycles. The highest BCUT2D eigenvalue weighted by Gasteiger charge is 2.25. The third kappa shape index (κ3) is 3.97. The van der Waals surface area contributed by atoms with E-state index in [1.54, 1.807) is 6.26 Å². The molecule has 0 saturated carbocycles. The van der Waals surface area contributed by atoms with E-state index >= 15 is 0 Å². The molecule has 0 bridgehead atoms. The van der Waals surface area contributed by atoms with Crippen LogP contribution < -0.4 is 10.2 Å². The first-order valence-electron chi connectivity index (χ1n) is 8.49. The number of nitrogens with one attached hydrogen (secondary N) is 1. The van der Waals surface area contributed by atoms with E-state index in [1.807, 2.05) is 19.1 Å². The van der Waals surface area contributed by atoms with Crippen LogP contribution in [0.4, 0.5) is 5.69 Å². The van der Waals surface area contributed by atoms with Crippen molar-refractivity contribution >= 4 is 11.6 Å². The average molecular weight is 327 g/mol. The van der Waals surface area contributed by atoms with Gasteiger partial charge in [0.15, 0.2) is 0 Å². The normalized spacial score (nSPS) is 16.8. The number of hydrogen-bond donors (Lipinski definition) is 1. The number of furan rings is 1. The van der Waals surface area contributed by atoms with Crippen molar-refractivity contribution in [2.45, 2.75) is 26.4 Å². The van der Waals surface area contributed by atoms with Crippen LogP contribution in [0.2, 0.25) is 0 Å². The molecule has 1 amide bonds. The highest BCUT2D eigenvalue weighted by molar-refractivity contribution is 5.81. The summed E-state index contributed by atoms with van der Waals surface area (Å²) in [7, 11) is 0. The molecule has 128 valence electrons. The van der Waals surface area contributed by atoms with Gasteiger partial charge < -0.3 is 14.6 Å². The number of rotatable bonds is 5. The van der Waals surface area contributed by atoms with E-state index in [-0.39, 0.29) is 11.9 Å². The van der Waals surface area contributed by atoms with E-state index in [2.05, 4.69) is 46.3 Å². The van der Waals surface area contributed by atoms with Gasteiger partial charge in [-0.05, 0) is 38.1 Å². The molecule has 2 heterocycles. The minimum atomic E-state index is -0.125. The fourth-order valence-electron chi connectivity index (χ4n) is 3.02. The van der Waals surface area contributed by atoms with Crippen molar-refractivity contribution in [1.82, 2.24) is 10.2 Å². The van der Waals surface area contributed by atoms with Crippen molar-refractivity contribution < 1.29 is 9.21 Å². The molecule has 1 aromatic heterocycles. The Labute approximate surface area is 143 Å². The fourth-order valence-corrected chi connectivity index (χ4v) is 3.02. The van der Waals surface area contributed by atoms with Gasteiger partial charge in [-0.15, -0.1) is 0 Å². The molecule has 24 heavy (non-hydrogen) atoms. The highest BCUT2D eigenvalue weighted by atomic mass is 16.3. The van der Waals surface area contributed by atoms with E-state index in [4.69, 9.17) is 4.42 Å². The predicted molar refractivity (Wildman–Crippen MR) is 95.0 cm³/mol. The molecule has 0 aliphatic carbocycles. The maximum atomic E-state index is 12.3. The Morgan fingerprint density at radius 3 is 2.50 bits per heavy atom. The highest BCUT2D eigenvalue weighted by Crippen LogP contribution is 2.18. The molecule has 5 heteroatoms. The fraction of sp³-hybridized carbons (Fsp3) is 0.421. The number of benzene rings is 1. The minimum Gasteiger partial charge on any atom is -0.467 e. The topological polar surface area (TPSA) is 48.7 Å². The molecule has 1 aromatic carbocycles. The van der Waals surface area contributed by atoms with E-state index in [0.717, 1.165) is 31.9 Å². The summed E-state index contributed by atoms with van der Waals surface area (Å²) in [6, 6.07) is 12.2. The zero-order chi connectivity index (χ0) is 16.9. The van der Waals surface area contributed by atoms with Crippen LogP contribution in [0.1, 0.15) is 18.2 Å². The first-order chi connectivity index (χ1) is 11.6. The van der Waals surface area contributed by atoms with Gasteiger partial charge in [0.25, 0.3) is 0 Å². The summed E-state index contributed by atoms with van der Waals surface area (Å²) in [4.78, 5) is 16.9. The van der Waals surface area contributed by atoms with Crippen molar-refractivity contribution in [3.63, 3.8) is 0 Å². The van der Waals surface area contributed by atoms with Gasteiger partial charge >= 0.3 is 0 Å². The number of nitrogens with zero attached hydrogens (tertiary/aromatic N) is 2. The number of piperazine rings is 1. The van der Waals surface area contributed by atoms with Gasteiger partial charge in [0.1, 0.15) is 5.76 Å². The molecule has 0 spiro atoms. The lowest BCUT2D eigenvalue weighted by atomic mass is 10.1. The second kappa shape index (κ2) is 7.53. The van der Waals surface area contributed by atoms with Gasteiger partial charge in [0, 0.05) is 31.9 Å². The smallest absolute Gasteiger partial charge is 0.237 e. The maximum absolute atomic E-state index is 12.3. The first-order valence-corrected chi connectivity index (χ1v) is 8.49. The van der Waals surface area contributed by atoms with E-state index in [1.165, 1.54) is 11.3 Å². The molecule has 1 aliphatic rings. The first kappa shape index (κ1) is 16.6. The number of carbonyl (C=O) groups excluding carboxylic acids is 1. The van der Waals surface area contributed by atoms with Crippen LogP contribution in [0, 0.1) is 6.92 Å². The maximum Gasteiger partial charge on any atom is 0.237 e. The summed E-state index contributed by atoms with van der Waals surface area (Å²) in [5, 5.41) is 2.94. The molecule has 1 fully saturated rings. The summed E-state index contributed by atoms with van der Waals surface area (Å²) in [6.07, 6.45) is 1.62. The lowest BCUT2D eigenvalue weighted by Gasteiger charge is -2.38. The zero-order valence-electron chi connectivity index (χ0n) is 14.4. The van der Waals surface area contributed by atoms with E-state index < -0.39 is 0 Å². The van der Waals surface area contributed by atoms with Gasteiger partial charge in [0.2, 0.25) is 5.91 Å². The summed E-state index contributed by atoms with van der Waals surface area (Å²) >= 11 is 0. The van der Waals surface area contributed by atoms with Crippen molar-refractivity contribution in [2.75, 3.05) is 31.1 Å². The van der Waals surface area contributed by atoms with Gasteiger partial charge in [-0.1, -0.05) is 17.7 Å². The van der Waals surface area contributed by atoms with Crippen LogP contribution >= 0.6 is 0 Å². The average Bonchev–Trinajstić information content (AvgIpc) is 3.13. The molecular weight excluding hydrogens is 302 g/mol. The second-order valence-electron chi connectivity index (χ2n) is 6.33. The predicted octanol–water partition coefficient (Wildman–Crippen LogP) is 2.41. The van der Waals surface area contributed by atoms with E-state index in [9.17, 15) is 4.79 Å². The van der Waals surface area contributed by atoms with E-state index in [0.29, 0.717) is 6.54 Å². The van der Waals surface area contributed by atoms with Crippen LogP contribution in [0.3, 0.4) is 0 Å². The van der Waals surface area contributed by atoms with Crippen LogP contribution in [0.25, 0.3) is 0 Å². The van der Waals surface area contributed by atoms with Crippen molar-refractivity contribution in [3.8, 4) is 0 Å². The van der Waals surface area contributed by atoms with Crippen molar-refractivity contribution in [1.29, 1.82) is 0 Å². The monoisotopic (exact) mass is 327 g/mol. The molecule has 1 unspecified atom stereocenters. The Bertz CT molecular complexity index is 644. The van der Waals surface area contributed by atoms with Crippen molar-refractivity contribution in [3.05, 3.63) is 54.0 Å². The molecule has 5 nitrogen and oxygen atoms in total. The number of carbonyl (C=O) groups is 1. The minimum absolute atomic E-state index is 0.0511. The summed E-state index contributed by atoms with van der Waals surface area (Å²) in [5.41, 5.74) is 2.54. The Kier molecular flexibility index (Phi) is 5.20. The molecule has 2 aromatic rings. The van der Waals surface area contributed by atoms with Crippen LogP contribution in [0.5, 0.6) is 0 Å². The molecular formula is C19H25N3O2. The Hall–Kier alpha value is -2.27. The molecule has 1 atom stereocenters. The number of anilines is 1. The second-order valence-corrected chi connectivity index (χ2v) is 6.33. The number of amides is 1. The Morgan fingerprint density at radius 2 is 1.88 bits per heavy atom. The standard InChI is InChI=1S/C19H25N3O2/c1-15-5-7-17(8-6-15)22-11-9-21(10-12-22)16(2)19(23)20-14-18-4-3-13-24-18/h3-8,13,16H,9-12,14H2,1-2H3,(H,20,23). The van der Waals surface area contributed by atoms with Gasteiger partial charge in [-0.2, -0.15) is 0 Å². The quantitative estimate of drug-likeness (QED) is 0.916. The van der Waals surface area contributed by atoms with Crippen LogP contribution in [0.15, 0.2) is 47.1 Å². The summed E-state index contributed by atoms with van der Waals surface area (Å²) in [6.45, 7) is 8.19. The third-order valence-electron chi connectivity index (χ3n) is 4.66.